The zero-order valence-corrected chi connectivity index (χ0v) is 22.3. The average Bonchev–Trinajstić information content (AvgIpc) is 3.10. The fourth-order valence-corrected chi connectivity index (χ4v) is 4.99. The molecular weight excluding hydrogens is 542 g/mol. The number of hydrogen-bond acceptors (Lipinski definition) is 3. The Hall–Kier alpha value is -2.77. The van der Waals surface area contributed by atoms with Crippen LogP contribution < -0.4 is 5.62 Å². The first-order valence-corrected chi connectivity index (χ1v) is 12.6. The first kappa shape index (κ1) is 26.3. The Balaban J connectivity index is 1.54. The summed E-state index contributed by atoms with van der Waals surface area (Å²) in [4.78, 5) is 27.3. The molecule has 4 aromatic rings. The van der Waals surface area contributed by atoms with Crippen molar-refractivity contribution >= 4 is 69.1 Å². The maximum Gasteiger partial charge on any atom is 0.253 e. The first-order valence-electron chi connectivity index (χ1n) is 11.1. The molecule has 0 saturated heterocycles. The third kappa shape index (κ3) is 5.62. The standard InChI is InChI=1S/C26H22Cl4N4O2/c1-32(25(36)17-12-19(28)14-20(29)13-17)10-3-11-33-24-21(30)4-2-5-22(24)34(26(33)31)15-23(35)16-6-8-18(27)9-7-16/h2,4-9,12-14,31H,3,10-11,15H2,1H3. The second-order valence-electron chi connectivity index (χ2n) is 8.34. The second kappa shape index (κ2) is 11.1. The van der Waals surface area contributed by atoms with Crippen LogP contribution in [0.15, 0.2) is 60.7 Å². The fourth-order valence-electron chi connectivity index (χ4n) is 4.07. The van der Waals surface area contributed by atoms with Crippen molar-refractivity contribution in [2.45, 2.75) is 19.5 Å². The maximum absolute atomic E-state index is 12.9. The van der Waals surface area contributed by atoms with Crippen molar-refractivity contribution in [2.24, 2.45) is 0 Å². The van der Waals surface area contributed by atoms with Gasteiger partial charge in [0.2, 0.25) is 5.62 Å². The molecule has 1 amide bonds. The van der Waals surface area contributed by atoms with Crippen LogP contribution in [0.3, 0.4) is 0 Å². The highest BCUT2D eigenvalue weighted by atomic mass is 35.5. The molecule has 0 fully saturated rings. The van der Waals surface area contributed by atoms with E-state index in [1.807, 2.05) is 6.07 Å². The number of para-hydroxylation sites is 1. The van der Waals surface area contributed by atoms with E-state index in [0.29, 0.717) is 61.8 Å². The van der Waals surface area contributed by atoms with Crippen LogP contribution in [0.5, 0.6) is 0 Å². The Bertz CT molecular complexity index is 1490. The Morgan fingerprint density at radius 3 is 2.19 bits per heavy atom. The summed E-state index contributed by atoms with van der Waals surface area (Å²) in [7, 11) is 1.70. The minimum absolute atomic E-state index is 0.0157. The molecule has 0 unspecified atom stereocenters. The lowest BCUT2D eigenvalue weighted by molar-refractivity contribution is 0.0791. The van der Waals surface area contributed by atoms with Crippen LogP contribution in [0.2, 0.25) is 20.1 Å². The van der Waals surface area contributed by atoms with Gasteiger partial charge in [0.1, 0.15) is 0 Å². The Morgan fingerprint density at radius 1 is 0.861 bits per heavy atom. The lowest BCUT2D eigenvalue weighted by Gasteiger charge is -2.18. The van der Waals surface area contributed by atoms with Gasteiger partial charge < -0.3 is 14.0 Å². The zero-order valence-electron chi connectivity index (χ0n) is 19.3. The highest BCUT2D eigenvalue weighted by Crippen LogP contribution is 2.24. The molecule has 3 aromatic carbocycles. The van der Waals surface area contributed by atoms with Crippen molar-refractivity contribution in [1.82, 2.24) is 14.0 Å². The number of carbonyl (C=O) groups excluding carboxylic acids is 2. The van der Waals surface area contributed by atoms with Crippen molar-refractivity contribution in [3.8, 4) is 0 Å². The number of nitrogens with one attached hydrogen (secondary N) is 1. The molecule has 0 atom stereocenters. The highest BCUT2D eigenvalue weighted by Gasteiger charge is 2.18. The van der Waals surface area contributed by atoms with Crippen LogP contribution in [0, 0.1) is 5.41 Å². The van der Waals surface area contributed by atoms with Crippen LogP contribution in [-0.2, 0) is 13.1 Å². The molecule has 4 rings (SSSR count). The number of benzene rings is 3. The SMILES string of the molecule is CN(CCCn1c(=N)n(CC(=O)c2ccc(Cl)cc2)c2cccc(Cl)c21)C(=O)c1cc(Cl)cc(Cl)c1. The molecule has 36 heavy (non-hydrogen) atoms. The van der Waals surface area contributed by atoms with E-state index in [4.69, 9.17) is 51.8 Å². The van der Waals surface area contributed by atoms with Crippen LogP contribution in [-0.4, -0.2) is 39.3 Å². The van der Waals surface area contributed by atoms with Gasteiger partial charge >= 0.3 is 0 Å². The third-order valence-corrected chi connectivity index (χ3v) is 6.83. The summed E-state index contributed by atoms with van der Waals surface area (Å²) >= 11 is 24.5. The fraction of sp³-hybridized carbons (Fsp3) is 0.192. The number of amides is 1. The van der Waals surface area contributed by atoms with Gasteiger partial charge in [-0.05, 0) is 61.0 Å². The monoisotopic (exact) mass is 562 g/mol. The maximum atomic E-state index is 12.9. The highest BCUT2D eigenvalue weighted by molar-refractivity contribution is 6.35. The minimum atomic E-state index is -0.204. The van der Waals surface area contributed by atoms with E-state index in [1.54, 1.807) is 75.7 Å². The summed E-state index contributed by atoms with van der Waals surface area (Å²) < 4.78 is 3.41. The molecule has 0 saturated carbocycles. The largest absolute Gasteiger partial charge is 0.342 e. The van der Waals surface area contributed by atoms with Crippen LogP contribution in [0.1, 0.15) is 27.1 Å². The van der Waals surface area contributed by atoms with E-state index >= 15 is 0 Å². The molecule has 1 aromatic heterocycles. The number of rotatable bonds is 8. The molecular formula is C26H22Cl4N4O2. The third-order valence-electron chi connectivity index (χ3n) is 5.84. The molecule has 0 aliphatic rings. The molecule has 10 heteroatoms. The molecule has 0 spiro atoms. The Kier molecular flexibility index (Phi) is 8.10. The van der Waals surface area contributed by atoms with Crippen LogP contribution in [0.4, 0.5) is 0 Å². The lowest BCUT2D eigenvalue weighted by Crippen LogP contribution is -2.31. The van der Waals surface area contributed by atoms with Gasteiger partial charge in [-0.3, -0.25) is 15.0 Å². The van der Waals surface area contributed by atoms with Gasteiger partial charge in [-0.2, -0.15) is 0 Å². The van der Waals surface area contributed by atoms with Gasteiger partial charge in [0.15, 0.2) is 5.78 Å². The van der Waals surface area contributed by atoms with Crippen molar-refractivity contribution in [3.63, 3.8) is 0 Å². The van der Waals surface area contributed by atoms with Gasteiger partial charge in [-0.25, -0.2) is 0 Å². The zero-order chi connectivity index (χ0) is 26.0. The van der Waals surface area contributed by atoms with E-state index in [-0.39, 0.29) is 23.9 Å². The summed E-state index contributed by atoms with van der Waals surface area (Å²) in [5.74, 6) is -0.348. The average molecular weight is 564 g/mol. The normalized spacial score (nSPS) is 11.1. The summed E-state index contributed by atoms with van der Waals surface area (Å²) in [5.41, 5.74) is 2.42. The Labute approximate surface area is 228 Å². The van der Waals surface area contributed by atoms with Gasteiger partial charge in [0.05, 0.1) is 22.6 Å². The predicted octanol–water partition coefficient (Wildman–Crippen LogP) is 6.58. The van der Waals surface area contributed by atoms with Gasteiger partial charge in [0, 0.05) is 46.3 Å². The summed E-state index contributed by atoms with van der Waals surface area (Å²) in [5, 5.41) is 10.6. The molecule has 1 heterocycles. The van der Waals surface area contributed by atoms with E-state index in [1.165, 1.54) is 0 Å². The topological polar surface area (TPSA) is 71.1 Å². The molecule has 186 valence electrons. The number of halogens is 4. The molecule has 0 aliphatic carbocycles. The van der Waals surface area contributed by atoms with E-state index in [0.717, 1.165) is 0 Å². The smallest absolute Gasteiger partial charge is 0.253 e. The van der Waals surface area contributed by atoms with Gasteiger partial charge in [0.25, 0.3) is 5.91 Å². The number of aryl methyl sites for hydroxylation is 1. The number of carbonyl (C=O) groups is 2. The number of hydrogen-bond donors (Lipinski definition) is 1. The number of fused-ring (bicyclic) bond motifs is 1. The van der Waals surface area contributed by atoms with Crippen molar-refractivity contribution in [2.75, 3.05) is 13.6 Å². The number of ketones is 1. The number of nitrogens with zero attached hydrogens (tertiary/aromatic N) is 3. The molecule has 0 radical (unpaired) electrons. The second-order valence-corrected chi connectivity index (χ2v) is 10.1. The lowest BCUT2D eigenvalue weighted by atomic mass is 10.1. The van der Waals surface area contributed by atoms with Gasteiger partial charge in [-0.15, -0.1) is 0 Å². The van der Waals surface area contributed by atoms with Crippen molar-refractivity contribution in [1.29, 1.82) is 5.41 Å². The van der Waals surface area contributed by atoms with Crippen molar-refractivity contribution in [3.05, 3.63) is 97.5 Å². The van der Waals surface area contributed by atoms with Crippen LogP contribution in [0.25, 0.3) is 11.0 Å². The minimum Gasteiger partial charge on any atom is -0.342 e. The van der Waals surface area contributed by atoms with E-state index in [9.17, 15) is 9.59 Å². The van der Waals surface area contributed by atoms with Crippen LogP contribution >= 0.6 is 46.4 Å². The molecule has 0 aliphatic heterocycles. The van der Waals surface area contributed by atoms with Crippen molar-refractivity contribution < 1.29 is 9.59 Å². The predicted molar refractivity (Wildman–Crippen MR) is 145 cm³/mol. The summed E-state index contributed by atoms with van der Waals surface area (Å²) in [6.07, 6.45) is 0.558. The quantitative estimate of drug-likeness (QED) is 0.246. The molecule has 6 nitrogen and oxygen atoms in total. The number of aromatic nitrogens is 2. The number of imidazole rings is 1. The first-order chi connectivity index (χ1) is 17.2. The molecule has 1 N–H and O–H groups in total. The summed E-state index contributed by atoms with van der Waals surface area (Å²) in [6, 6.07) is 16.8. The van der Waals surface area contributed by atoms with Gasteiger partial charge in [-0.1, -0.05) is 52.5 Å². The van der Waals surface area contributed by atoms with E-state index in [2.05, 4.69) is 0 Å². The number of Topliss-reactive ketones (excluding diaryl/α,β-unsaturated/α-hetero) is 1. The summed E-state index contributed by atoms with van der Waals surface area (Å²) in [6.45, 7) is 0.837. The molecule has 0 bridgehead atoms. The Morgan fingerprint density at radius 2 is 1.53 bits per heavy atom. The van der Waals surface area contributed by atoms with E-state index < -0.39 is 0 Å².